The summed E-state index contributed by atoms with van der Waals surface area (Å²) in [6.45, 7) is 1.43. The number of nitrogens with one attached hydrogen (secondary N) is 1. The smallest absolute Gasteiger partial charge is 0.259 e. The second-order valence-corrected chi connectivity index (χ2v) is 5.12. The van der Waals surface area contributed by atoms with Crippen molar-refractivity contribution in [3.63, 3.8) is 0 Å². The Morgan fingerprint density at radius 2 is 2.33 bits per heavy atom. The van der Waals surface area contributed by atoms with E-state index in [2.05, 4.69) is 15.0 Å². The summed E-state index contributed by atoms with van der Waals surface area (Å²) in [5, 5.41) is 0. The van der Waals surface area contributed by atoms with E-state index in [0.29, 0.717) is 18.0 Å². The van der Waals surface area contributed by atoms with Crippen LogP contribution in [0.3, 0.4) is 0 Å². The molecule has 1 atom stereocenters. The Hall–Kier alpha value is -2.37. The quantitative estimate of drug-likeness (QED) is 0.934. The maximum atomic E-state index is 12.7. The molecule has 3 rings (SSSR count). The molecule has 0 aliphatic carbocycles. The molecule has 110 valence electrons. The van der Waals surface area contributed by atoms with Gasteiger partial charge in [0.25, 0.3) is 5.91 Å². The molecule has 1 N–H and O–H groups in total. The number of H-pyrrole nitrogens is 1. The monoisotopic (exact) mass is 286 g/mol. The molecule has 0 saturated carbocycles. The van der Waals surface area contributed by atoms with E-state index >= 15 is 0 Å². The highest BCUT2D eigenvalue weighted by molar-refractivity contribution is 5.96. The summed E-state index contributed by atoms with van der Waals surface area (Å²) >= 11 is 0. The highest BCUT2D eigenvalue weighted by Gasteiger charge is 2.28. The molecular weight excluding hydrogens is 268 g/mol. The van der Waals surface area contributed by atoms with Crippen LogP contribution in [0.1, 0.15) is 34.9 Å². The van der Waals surface area contributed by atoms with Gasteiger partial charge in [0, 0.05) is 37.6 Å². The van der Waals surface area contributed by atoms with E-state index in [0.717, 1.165) is 25.2 Å². The van der Waals surface area contributed by atoms with Crippen molar-refractivity contribution < 1.29 is 9.53 Å². The molecule has 1 amide bonds. The van der Waals surface area contributed by atoms with Gasteiger partial charge in [0.2, 0.25) is 5.88 Å². The van der Waals surface area contributed by atoms with Crippen molar-refractivity contribution in [1.29, 1.82) is 0 Å². The van der Waals surface area contributed by atoms with Gasteiger partial charge in [0.1, 0.15) is 11.4 Å². The maximum absolute atomic E-state index is 12.7. The first-order valence-electron chi connectivity index (χ1n) is 7.07. The van der Waals surface area contributed by atoms with Crippen molar-refractivity contribution >= 4 is 5.91 Å². The molecule has 2 aromatic heterocycles. The first-order valence-corrected chi connectivity index (χ1v) is 7.07. The van der Waals surface area contributed by atoms with Crippen LogP contribution in [0, 0.1) is 0 Å². The summed E-state index contributed by atoms with van der Waals surface area (Å²) in [6.07, 6.45) is 7.21. The zero-order valence-corrected chi connectivity index (χ0v) is 12.0. The standard InChI is InChI=1S/C15H18N4O2/c1-21-14-12(5-2-6-18-14)15(20)19-9-3-4-11(10-19)13-16-7-8-17-13/h2,5-8,11H,3-4,9-10H2,1H3,(H,16,17)/t11-/m1/s1. The van der Waals surface area contributed by atoms with Gasteiger partial charge in [0.15, 0.2) is 0 Å². The van der Waals surface area contributed by atoms with Gasteiger partial charge in [-0.2, -0.15) is 0 Å². The Balaban J connectivity index is 1.78. The number of aromatic nitrogens is 3. The van der Waals surface area contributed by atoms with E-state index in [-0.39, 0.29) is 11.8 Å². The molecule has 1 aliphatic heterocycles. The summed E-state index contributed by atoms with van der Waals surface area (Å²) in [5.41, 5.74) is 0.514. The van der Waals surface area contributed by atoms with E-state index in [1.54, 1.807) is 24.5 Å². The number of methoxy groups -OCH3 is 1. The maximum Gasteiger partial charge on any atom is 0.259 e. The van der Waals surface area contributed by atoms with Crippen LogP contribution in [-0.2, 0) is 0 Å². The third-order valence-electron chi connectivity index (χ3n) is 3.81. The lowest BCUT2D eigenvalue weighted by Crippen LogP contribution is -2.39. The van der Waals surface area contributed by atoms with Crippen LogP contribution in [0.4, 0.5) is 0 Å². The number of amides is 1. The Morgan fingerprint density at radius 3 is 3.10 bits per heavy atom. The van der Waals surface area contributed by atoms with E-state index in [1.807, 2.05) is 11.1 Å². The Kier molecular flexibility index (Phi) is 3.85. The van der Waals surface area contributed by atoms with Crippen LogP contribution < -0.4 is 4.74 Å². The number of pyridine rings is 1. The van der Waals surface area contributed by atoms with Gasteiger partial charge in [-0.1, -0.05) is 0 Å². The highest BCUT2D eigenvalue weighted by atomic mass is 16.5. The zero-order valence-electron chi connectivity index (χ0n) is 12.0. The van der Waals surface area contributed by atoms with Crippen LogP contribution in [0.15, 0.2) is 30.7 Å². The lowest BCUT2D eigenvalue weighted by atomic mass is 9.97. The minimum Gasteiger partial charge on any atom is -0.480 e. The Bertz CT molecular complexity index is 612. The van der Waals surface area contributed by atoms with Crippen molar-refractivity contribution in [2.75, 3.05) is 20.2 Å². The van der Waals surface area contributed by atoms with Gasteiger partial charge in [-0.3, -0.25) is 4.79 Å². The number of ether oxygens (including phenoxy) is 1. The van der Waals surface area contributed by atoms with Crippen molar-refractivity contribution in [2.24, 2.45) is 0 Å². The van der Waals surface area contributed by atoms with E-state index < -0.39 is 0 Å². The van der Waals surface area contributed by atoms with Gasteiger partial charge in [-0.25, -0.2) is 9.97 Å². The summed E-state index contributed by atoms with van der Waals surface area (Å²) in [6, 6.07) is 3.51. The predicted molar refractivity (Wildman–Crippen MR) is 77.3 cm³/mol. The van der Waals surface area contributed by atoms with Crippen molar-refractivity contribution in [3.05, 3.63) is 42.1 Å². The molecule has 21 heavy (non-hydrogen) atoms. The minimum absolute atomic E-state index is 0.0313. The van der Waals surface area contributed by atoms with E-state index in [4.69, 9.17) is 4.74 Å². The SMILES string of the molecule is COc1ncccc1C(=O)N1CCC[C@@H](c2ncc[nH]2)C1. The molecule has 0 radical (unpaired) electrons. The highest BCUT2D eigenvalue weighted by Crippen LogP contribution is 2.26. The Labute approximate surface area is 123 Å². The molecule has 1 fully saturated rings. The first-order chi connectivity index (χ1) is 10.3. The number of rotatable bonds is 3. The van der Waals surface area contributed by atoms with Crippen molar-refractivity contribution in [3.8, 4) is 5.88 Å². The number of carbonyl (C=O) groups excluding carboxylic acids is 1. The third-order valence-corrected chi connectivity index (χ3v) is 3.81. The van der Waals surface area contributed by atoms with Gasteiger partial charge in [0.05, 0.1) is 7.11 Å². The fourth-order valence-corrected chi connectivity index (χ4v) is 2.77. The molecule has 1 aliphatic rings. The van der Waals surface area contributed by atoms with Crippen LogP contribution in [0.2, 0.25) is 0 Å². The normalized spacial score (nSPS) is 18.5. The van der Waals surface area contributed by atoms with Gasteiger partial charge < -0.3 is 14.6 Å². The molecule has 2 aromatic rings. The summed E-state index contributed by atoms with van der Waals surface area (Å²) in [5.74, 6) is 1.56. The molecule has 3 heterocycles. The lowest BCUT2D eigenvalue weighted by molar-refractivity contribution is 0.0700. The fourth-order valence-electron chi connectivity index (χ4n) is 2.77. The molecule has 0 spiro atoms. The molecule has 0 unspecified atom stereocenters. The molecule has 6 nitrogen and oxygen atoms in total. The topological polar surface area (TPSA) is 71.1 Å². The lowest BCUT2D eigenvalue weighted by Gasteiger charge is -2.32. The number of imidazole rings is 1. The largest absolute Gasteiger partial charge is 0.480 e. The average Bonchev–Trinajstić information content (AvgIpc) is 3.09. The van der Waals surface area contributed by atoms with E-state index in [1.165, 1.54) is 7.11 Å². The molecule has 0 bridgehead atoms. The molecule has 1 saturated heterocycles. The number of carbonyl (C=O) groups is 1. The average molecular weight is 286 g/mol. The number of aromatic amines is 1. The number of hydrogen-bond donors (Lipinski definition) is 1. The molecular formula is C15H18N4O2. The van der Waals surface area contributed by atoms with Crippen LogP contribution in [-0.4, -0.2) is 46.0 Å². The first kappa shape index (κ1) is 13.6. The summed E-state index contributed by atoms with van der Waals surface area (Å²) in [4.78, 5) is 26.1. The van der Waals surface area contributed by atoms with Gasteiger partial charge in [-0.15, -0.1) is 0 Å². The fraction of sp³-hybridized carbons (Fsp3) is 0.400. The summed E-state index contributed by atoms with van der Waals surface area (Å²) < 4.78 is 5.18. The van der Waals surface area contributed by atoms with Gasteiger partial charge in [-0.05, 0) is 25.0 Å². The number of nitrogens with zero attached hydrogens (tertiary/aromatic N) is 3. The number of piperidine rings is 1. The third kappa shape index (κ3) is 2.74. The van der Waals surface area contributed by atoms with Crippen molar-refractivity contribution in [2.45, 2.75) is 18.8 Å². The molecule has 6 heteroatoms. The zero-order chi connectivity index (χ0) is 14.7. The van der Waals surface area contributed by atoms with E-state index in [9.17, 15) is 4.79 Å². The summed E-state index contributed by atoms with van der Waals surface area (Å²) in [7, 11) is 1.53. The Morgan fingerprint density at radius 1 is 1.43 bits per heavy atom. The van der Waals surface area contributed by atoms with Crippen LogP contribution >= 0.6 is 0 Å². The second-order valence-electron chi connectivity index (χ2n) is 5.12. The number of hydrogen-bond acceptors (Lipinski definition) is 4. The van der Waals surface area contributed by atoms with Crippen LogP contribution in [0.25, 0.3) is 0 Å². The van der Waals surface area contributed by atoms with Crippen molar-refractivity contribution in [1.82, 2.24) is 19.9 Å². The van der Waals surface area contributed by atoms with Crippen LogP contribution in [0.5, 0.6) is 5.88 Å². The van der Waals surface area contributed by atoms with Gasteiger partial charge >= 0.3 is 0 Å². The minimum atomic E-state index is -0.0313. The second kappa shape index (κ2) is 5.95. The molecule has 0 aromatic carbocycles. The number of likely N-dealkylation sites (tertiary alicyclic amines) is 1. The predicted octanol–water partition coefficient (Wildman–Crippen LogP) is 1.83.